The quantitative estimate of drug-likeness (QED) is 0.464. The molecule has 12 heteroatoms. The maximum absolute atomic E-state index is 13.6. The maximum atomic E-state index is 13.6. The largest absolute Gasteiger partial charge is 0.433 e. The smallest absolute Gasteiger partial charge is 0.342 e. The van der Waals surface area contributed by atoms with Gasteiger partial charge in [0.15, 0.2) is 0 Å². The molecule has 0 saturated heterocycles. The van der Waals surface area contributed by atoms with E-state index < -0.39 is 21.9 Å². The van der Waals surface area contributed by atoms with Gasteiger partial charge in [-0.3, -0.25) is 4.31 Å². The fourth-order valence-corrected chi connectivity index (χ4v) is 4.94. The van der Waals surface area contributed by atoms with E-state index in [0.717, 1.165) is 16.8 Å². The number of nitrogens with zero attached hydrogens (tertiary/aromatic N) is 4. The lowest BCUT2D eigenvalue weighted by Crippen LogP contribution is -2.30. The number of benzene rings is 2. The molecule has 0 radical (unpaired) electrons. The standard InChI is InChI=1S/C21H14F3N5O3S/c22-21(23,24)18-9-7-14-11-29(33(30,31)15-4-2-1-3-5-15)17-10-13(19-25-12-32-28-19)6-8-16(17)26-20(14)27-18/h1-10,12H,11H2,(H,26,27). The van der Waals surface area contributed by atoms with Crippen LogP contribution in [0.25, 0.3) is 11.4 Å². The summed E-state index contributed by atoms with van der Waals surface area (Å²) in [6, 6.07) is 14.5. The highest BCUT2D eigenvalue weighted by atomic mass is 32.2. The van der Waals surface area contributed by atoms with Crippen LogP contribution in [-0.2, 0) is 22.7 Å². The van der Waals surface area contributed by atoms with Gasteiger partial charge in [0.1, 0.15) is 11.5 Å². The predicted octanol–water partition coefficient (Wildman–Crippen LogP) is 4.60. The molecule has 1 aliphatic heterocycles. The molecule has 4 aromatic rings. The summed E-state index contributed by atoms with van der Waals surface area (Å²) in [4.78, 5) is 7.72. The molecule has 0 bridgehead atoms. The Hall–Kier alpha value is -3.93. The van der Waals surface area contributed by atoms with E-state index in [4.69, 9.17) is 4.52 Å². The fraction of sp³-hybridized carbons (Fsp3) is 0.0952. The molecule has 0 aliphatic carbocycles. The minimum Gasteiger partial charge on any atom is -0.342 e. The van der Waals surface area contributed by atoms with E-state index in [1.54, 1.807) is 24.3 Å². The van der Waals surface area contributed by atoms with Gasteiger partial charge < -0.3 is 9.84 Å². The molecule has 5 rings (SSSR count). The summed E-state index contributed by atoms with van der Waals surface area (Å²) in [5.74, 6) is 0.151. The number of anilines is 3. The number of hydrogen-bond acceptors (Lipinski definition) is 7. The van der Waals surface area contributed by atoms with Crippen molar-refractivity contribution < 1.29 is 26.1 Å². The Bertz CT molecular complexity index is 1430. The molecule has 33 heavy (non-hydrogen) atoms. The van der Waals surface area contributed by atoms with Crippen LogP contribution < -0.4 is 9.62 Å². The summed E-state index contributed by atoms with van der Waals surface area (Å²) in [5.41, 5.74) is 0.116. The molecule has 168 valence electrons. The van der Waals surface area contributed by atoms with Crippen LogP contribution >= 0.6 is 0 Å². The summed E-state index contributed by atoms with van der Waals surface area (Å²) < 4.78 is 72.8. The summed E-state index contributed by atoms with van der Waals surface area (Å²) in [6.07, 6.45) is -3.51. The molecule has 0 spiro atoms. The second-order valence-electron chi connectivity index (χ2n) is 7.14. The number of alkyl halides is 3. The SMILES string of the molecule is O=S(=O)(c1ccccc1)N1Cc2ccc(C(F)(F)F)nc2Nc2ccc(-c3ncon3)cc21. The molecule has 1 N–H and O–H groups in total. The summed E-state index contributed by atoms with van der Waals surface area (Å²) in [5, 5.41) is 6.63. The molecule has 2 aromatic heterocycles. The highest BCUT2D eigenvalue weighted by Gasteiger charge is 2.35. The predicted molar refractivity (Wildman–Crippen MR) is 112 cm³/mol. The van der Waals surface area contributed by atoms with Crippen LogP contribution in [-0.4, -0.2) is 23.5 Å². The zero-order valence-electron chi connectivity index (χ0n) is 16.6. The molecule has 0 fully saturated rings. The Morgan fingerprint density at radius 1 is 1.03 bits per heavy atom. The Labute approximate surface area is 185 Å². The van der Waals surface area contributed by atoms with Gasteiger partial charge in [-0.25, -0.2) is 13.4 Å². The number of hydrogen-bond donors (Lipinski definition) is 1. The molecule has 8 nitrogen and oxygen atoms in total. The maximum Gasteiger partial charge on any atom is 0.433 e. The normalized spacial score (nSPS) is 13.6. The minimum absolute atomic E-state index is 0.0317. The molecule has 0 saturated carbocycles. The van der Waals surface area contributed by atoms with Gasteiger partial charge in [-0.15, -0.1) is 0 Å². The second kappa shape index (κ2) is 7.59. The van der Waals surface area contributed by atoms with E-state index in [-0.39, 0.29) is 40.0 Å². The van der Waals surface area contributed by atoms with Crippen molar-refractivity contribution in [2.24, 2.45) is 0 Å². The van der Waals surface area contributed by atoms with E-state index >= 15 is 0 Å². The lowest BCUT2D eigenvalue weighted by Gasteiger charge is -2.24. The first-order valence-electron chi connectivity index (χ1n) is 9.56. The number of fused-ring (bicyclic) bond motifs is 2. The minimum atomic E-state index is -4.65. The number of sulfonamides is 1. The van der Waals surface area contributed by atoms with E-state index in [2.05, 4.69) is 20.4 Å². The second-order valence-corrected chi connectivity index (χ2v) is 9.00. The van der Waals surface area contributed by atoms with Gasteiger partial charge in [0, 0.05) is 11.1 Å². The average molecular weight is 473 g/mol. The van der Waals surface area contributed by atoms with Gasteiger partial charge in [0.05, 0.1) is 22.8 Å². The molecular weight excluding hydrogens is 459 g/mol. The number of aromatic nitrogens is 3. The van der Waals surface area contributed by atoms with Crippen molar-refractivity contribution in [3.8, 4) is 11.4 Å². The zero-order chi connectivity index (χ0) is 23.2. The topological polar surface area (TPSA) is 101 Å². The number of pyridine rings is 1. The van der Waals surface area contributed by atoms with Crippen molar-refractivity contribution in [3.05, 3.63) is 78.3 Å². The fourth-order valence-electron chi connectivity index (χ4n) is 3.46. The third kappa shape index (κ3) is 3.78. The Morgan fingerprint density at radius 2 is 1.82 bits per heavy atom. The first kappa shape index (κ1) is 20.9. The van der Waals surface area contributed by atoms with Gasteiger partial charge in [-0.2, -0.15) is 18.2 Å². The first-order chi connectivity index (χ1) is 15.7. The molecule has 3 heterocycles. The van der Waals surface area contributed by atoms with Gasteiger partial charge >= 0.3 is 6.18 Å². The number of rotatable bonds is 3. The third-order valence-electron chi connectivity index (χ3n) is 5.05. The first-order valence-corrected chi connectivity index (χ1v) is 11.0. The van der Waals surface area contributed by atoms with Crippen LogP contribution in [0.15, 0.2) is 76.5 Å². The van der Waals surface area contributed by atoms with E-state index in [1.165, 1.54) is 30.3 Å². The van der Waals surface area contributed by atoms with Gasteiger partial charge in [0.2, 0.25) is 12.2 Å². The monoisotopic (exact) mass is 473 g/mol. The Balaban J connectivity index is 1.70. The van der Waals surface area contributed by atoms with E-state index in [9.17, 15) is 21.6 Å². The van der Waals surface area contributed by atoms with Crippen LogP contribution in [0.2, 0.25) is 0 Å². The highest BCUT2D eigenvalue weighted by molar-refractivity contribution is 7.92. The van der Waals surface area contributed by atoms with E-state index in [1.807, 2.05) is 0 Å². The van der Waals surface area contributed by atoms with Crippen LogP contribution in [0.3, 0.4) is 0 Å². The Kier molecular flexibility index (Phi) is 4.81. The van der Waals surface area contributed by atoms with Crippen LogP contribution in [0.5, 0.6) is 0 Å². The lowest BCUT2D eigenvalue weighted by atomic mass is 10.1. The van der Waals surface area contributed by atoms with Crippen molar-refractivity contribution in [3.63, 3.8) is 0 Å². The molecule has 0 unspecified atom stereocenters. The van der Waals surface area contributed by atoms with Crippen molar-refractivity contribution in [2.75, 3.05) is 9.62 Å². The Morgan fingerprint density at radius 3 is 2.52 bits per heavy atom. The molecule has 0 atom stereocenters. The average Bonchev–Trinajstić information content (AvgIpc) is 3.27. The van der Waals surface area contributed by atoms with Crippen molar-refractivity contribution in [1.29, 1.82) is 0 Å². The van der Waals surface area contributed by atoms with Gasteiger partial charge in [-0.1, -0.05) is 29.4 Å². The van der Waals surface area contributed by atoms with Crippen LogP contribution in [0.4, 0.5) is 30.4 Å². The zero-order valence-corrected chi connectivity index (χ0v) is 17.4. The molecular formula is C21H14F3N5O3S. The highest BCUT2D eigenvalue weighted by Crippen LogP contribution is 2.41. The molecule has 0 amide bonds. The van der Waals surface area contributed by atoms with E-state index in [0.29, 0.717) is 5.56 Å². The summed E-state index contributed by atoms with van der Waals surface area (Å²) in [7, 11) is -4.09. The molecule has 2 aromatic carbocycles. The number of halogens is 3. The van der Waals surface area contributed by atoms with Crippen LogP contribution in [0, 0.1) is 0 Å². The van der Waals surface area contributed by atoms with Crippen molar-refractivity contribution >= 4 is 27.2 Å². The molecule has 1 aliphatic rings. The summed E-state index contributed by atoms with van der Waals surface area (Å²) in [6.45, 7) is -0.243. The van der Waals surface area contributed by atoms with Gasteiger partial charge in [-0.05, 0) is 36.4 Å². The van der Waals surface area contributed by atoms with Gasteiger partial charge in [0.25, 0.3) is 10.0 Å². The van der Waals surface area contributed by atoms with Crippen LogP contribution in [0.1, 0.15) is 11.3 Å². The van der Waals surface area contributed by atoms with Crippen molar-refractivity contribution in [2.45, 2.75) is 17.6 Å². The summed E-state index contributed by atoms with van der Waals surface area (Å²) >= 11 is 0. The number of nitrogens with one attached hydrogen (secondary N) is 1. The lowest BCUT2D eigenvalue weighted by molar-refractivity contribution is -0.141. The third-order valence-corrected chi connectivity index (χ3v) is 6.83. The van der Waals surface area contributed by atoms with Crippen molar-refractivity contribution in [1.82, 2.24) is 15.1 Å².